The van der Waals surface area contributed by atoms with Gasteiger partial charge in [-0.1, -0.05) is 17.7 Å². The highest BCUT2D eigenvalue weighted by Gasteiger charge is 2.32. The van der Waals surface area contributed by atoms with Crippen LogP contribution >= 0.6 is 0 Å². The zero-order chi connectivity index (χ0) is 22.1. The van der Waals surface area contributed by atoms with Crippen molar-refractivity contribution in [3.8, 4) is 0 Å². The first-order valence-electron chi connectivity index (χ1n) is 9.26. The van der Waals surface area contributed by atoms with Crippen LogP contribution in [0.4, 0.5) is 14.5 Å². The Kier molecular flexibility index (Phi) is 6.18. The van der Waals surface area contributed by atoms with Crippen molar-refractivity contribution in [2.75, 3.05) is 18.4 Å². The maximum atomic E-state index is 14.0. The van der Waals surface area contributed by atoms with Crippen LogP contribution in [0.3, 0.4) is 0 Å². The number of hydrogen-bond donors (Lipinski definition) is 2. The van der Waals surface area contributed by atoms with Gasteiger partial charge in [0.2, 0.25) is 15.9 Å². The molecule has 1 heterocycles. The lowest BCUT2D eigenvalue weighted by molar-refractivity contribution is -0.120. The second-order valence-electron chi connectivity index (χ2n) is 7.16. The lowest BCUT2D eigenvalue weighted by Gasteiger charge is -2.30. The van der Waals surface area contributed by atoms with Gasteiger partial charge < -0.3 is 11.1 Å². The summed E-state index contributed by atoms with van der Waals surface area (Å²) in [6.07, 6.45) is 0.477. The highest BCUT2D eigenvalue weighted by molar-refractivity contribution is 7.89. The minimum Gasteiger partial charge on any atom is -0.366 e. The summed E-state index contributed by atoms with van der Waals surface area (Å²) in [5.74, 6) is -4.34. The van der Waals surface area contributed by atoms with Crippen LogP contribution in [-0.4, -0.2) is 37.6 Å². The number of carbonyl (C=O) groups is 2. The summed E-state index contributed by atoms with van der Waals surface area (Å²) >= 11 is 0. The summed E-state index contributed by atoms with van der Waals surface area (Å²) in [6, 6.07) is 7.83. The van der Waals surface area contributed by atoms with E-state index in [1.165, 1.54) is 16.4 Å². The van der Waals surface area contributed by atoms with E-state index in [0.717, 1.165) is 11.6 Å². The second-order valence-corrected chi connectivity index (χ2v) is 9.09. The molecule has 0 bridgehead atoms. The van der Waals surface area contributed by atoms with Crippen molar-refractivity contribution in [2.45, 2.75) is 24.7 Å². The smallest absolute Gasteiger partial charge is 0.251 e. The molecule has 0 unspecified atom stereocenters. The number of carbonyl (C=O) groups excluding carboxylic acids is 2. The zero-order valence-electron chi connectivity index (χ0n) is 16.2. The van der Waals surface area contributed by atoms with Crippen LogP contribution in [-0.2, 0) is 14.8 Å². The van der Waals surface area contributed by atoms with Crippen molar-refractivity contribution in [1.29, 1.82) is 0 Å². The van der Waals surface area contributed by atoms with Gasteiger partial charge in [0.15, 0.2) is 0 Å². The first-order valence-corrected chi connectivity index (χ1v) is 10.7. The van der Waals surface area contributed by atoms with E-state index in [2.05, 4.69) is 5.32 Å². The molecule has 0 atom stereocenters. The Morgan fingerprint density at radius 1 is 1.07 bits per heavy atom. The minimum absolute atomic E-state index is 0.132. The number of primary amides is 1. The molecular weight excluding hydrogens is 416 g/mol. The van der Waals surface area contributed by atoms with E-state index in [0.29, 0.717) is 6.07 Å². The summed E-state index contributed by atoms with van der Waals surface area (Å²) < 4.78 is 54.3. The number of benzene rings is 2. The number of sulfonamides is 1. The SMILES string of the molecule is Cc1ccc(S(=O)(=O)N2CCC(C(=O)Nc3cc(C(N)=O)c(F)cc3F)CC2)cc1. The number of rotatable bonds is 5. The van der Waals surface area contributed by atoms with Crippen molar-refractivity contribution >= 4 is 27.5 Å². The standard InChI is InChI=1S/C20H21F2N3O4S/c1-12-2-4-14(5-3-12)30(28,29)25-8-6-13(7-9-25)20(27)24-18-10-15(19(23)26)16(21)11-17(18)22/h2-5,10-11,13H,6-9H2,1H3,(H2,23,26)(H,24,27). The number of nitrogens with one attached hydrogen (secondary N) is 1. The fraction of sp³-hybridized carbons (Fsp3) is 0.300. The third kappa shape index (κ3) is 4.49. The molecular formula is C20H21F2N3O4S. The first kappa shape index (κ1) is 21.8. The summed E-state index contributed by atoms with van der Waals surface area (Å²) in [4.78, 5) is 23.9. The van der Waals surface area contributed by atoms with Gasteiger partial charge in [-0.3, -0.25) is 9.59 Å². The Hall–Kier alpha value is -2.85. The highest BCUT2D eigenvalue weighted by Crippen LogP contribution is 2.26. The predicted octanol–water partition coefficient (Wildman–Crippen LogP) is 2.41. The molecule has 10 heteroatoms. The zero-order valence-corrected chi connectivity index (χ0v) is 17.0. The molecule has 1 fully saturated rings. The summed E-state index contributed by atoms with van der Waals surface area (Å²) in [5.41, 5.74) is 5.09. The van der Waals surface area contributed by atoms with E-state index in [-0.39, 0.29) is 36.5 Å². The molecule has 2 amide bonds. The Labute approximate surface area is 172 Å². The second kappa shape index (κ2) is 8.49. The van der Waals surface area contributed by atoms with Gasteiger partial charge in [-0.2, -0.15) is 4.31 Å². The maximum Gasteiger partial charge on any atom is 0.251 e. The summed E-state index contributed by atoms with van der Waals surface area (Å²) in [5, 5.41) is 2.34. The Balaban J connectivity index is 1.67. The van der Waals surface area contributed by atoms with Gasteiger partial charge in [0.05, 0.1) is 16.1 Å². The molecule has 1 aliphatic heterocycles. The number of amides is 2. The Morgan fingerprint density at radius 2 is 1.67 bits per heavy atom. The van der Waals surface area contributed by atoms with Crippen LogP contribution in [0.5, 0.6) is 0 Å². The summed E-state index contributed by atoms with van der Waals surface area (Å²) in [7, 11) is -3.66. The molecule has 0 spiro atoms. The molecule has 7 nitrogen and oxygen atoms in total. The quantitative estimate of drug-likeness (QED) is 0.749. The van der Waals surface area contributed by atoms with Gasteiger partial charge in [0.1, 0.15) is 11.6 Å². The molecule has 1 aliphatic rings. The van der Waals surface area contributed by atoms with E-state index in [4.69, 9.17) is 5.73 Å². The molecule has 1 saturated heterocycles. The fourth-order valence-electron chi connectivity index (χ4n) is 3.29. The van der Waals surface area contributed by atoms with Crippen LogP contribution < -0.4 is 11.1 Å². The molecule has 0 aliphatic carbocycles. The normalized spacial score (nSPS) is 15.7. The van der Waals surface area contributed by atoms with Crippen LogP contribution in [0.1, 0.15) is 28.8 Å². The van der Waals surface area contributed by atoms with E-state index in [1.54, 1.807) is 12.1 Å². The van der Waals surface area contributed by atoms with E-state index in [9.17, 15) is 26.8 Å². The lowest BCUT2D eigenvalue weighted by Crippen LogP contribution is -2.41. The molecule has 3 rings (SSSR count). The fourth-order valence-corrected chi connectivity index (χ4v) is 4.76. The topological polar surface area (TPSA) is 110 Å². The number of nitrogens with zero attached hydrogens (tertiary/aromatic N) is 1. The first-order chi connectivity index (χ1) is 14.1. The molecule has 30 heavy (non-hydrogen) atoms. The predicted molar refractivity (Wildman–Crippen MR) is 106 cm³/mol. The molecule has 2 aromatic carbocycles. The van der Waals surface area contributed by atoms with Crippen molar-refractivity contribution < 1.29 is 26.8 Å². The van der Waals surface area contributed by atoms with Crippen LogP contribution in [0.2, 0.25) is 0 Å². The maximum absolute atomic E-state index is 14.0. The molecule has 160 valence electrons. The van der Waals surface area contributed by atoms with Gasteiger partial charge in [-0.25, -0.2) is 17.2 Å². The Bertz CT molecular complexity index is 1080. The van der Waals surface area contributed by atoms with Gasteiger partial charge in [-0.15, -0.1) is 0 Å². The number of halogens is 2. The molecule has 3 N–H and O–H groups in total. The van der Waals surface area contributed by atoms with Crippen molar-refractivity contribution in [2.24, 2.45) is 11.7 Å². The largest absolute Gasteiger partial charge is 0.366 e. The number of anilines is 1. The number of nitrogens with two attached hydrogens (primary N) is 1. The van der Waals surface area contributed by atoms with Crippen LogP contribution in [0, 0.1) is 24.5 Å². The van der Waals surface area contributed by atoms with Crippen molar-refractivity contribution in [1.82, 2.24) is 4.31 Å². The highest BCUT2D eigenvalue weighted by atomic mass is 32.2. The number of hydrogen-bond acceptors (Lipinski definition) is 4. The monoisotopic (exact) mass is 437 g/mol. The van der Waals surface area contributed by atoms with Gasteiger partial charge in [0.25, 0.3) is 5.91 Å². The number of aryl methyl sites for hydroxylation is 1. The van der Waals surface area contributed by atoms with Crippen molar-refractivity contribution in [3.63, 3.8) is 0 Å². The van der Waals surface area contributed by atoms with Gasteiger partial charge in [0, 0.05) is 25.1 Å². The average Bonchev–Trinajstić information content (AvgIpc) is 2.70. The van der Waals surface area contributed by atoms with E-state index in [1.807, 2.05) is 6.92 Å². The number of piperidine rings is 1. The molecule has 2 aromatic rings. The molecule has 0 aromatic heterocycles. The average molecular weight is 437 g/mol. The van der Waals surface area contributed by atoms with Crippen LogP contribution in [0.15, 0.2) is 41.3 Å². The molecule has 0 radical (unpaired) electrons. The third-order valence-electron chi connectivity index (χ3n) is 5.06. The third-order valence-corrected chi connectivity index (χ3v) is 6.98. The lowest BCUT2D eigenvalue weighted by atomic mass is 9.97. The Morgan fingerprint density at radius 3 is 2.23 bits per heavy atom. The van der Waals surface area contributed by atoms with E-state index >= 15 is 0 Å². The minimum atomic E-state index is -3.66. The van der Waals surface area contributed by atoms with Gasteiger partial charge >= 0.3 is 0 Å². The van der Waals surface area contributed by atoms with Gasteiger partial charge in [-0.05, 0) is 38.0 Å². The van der Waals surface area contributed by atoms with Crippen LogP contribution in [0.25, 0.3) is 0 Å². The molecule has 0 saturated carbocycles. The van der Waals surface area contributed by atoms with E-state index < -0.39 is 45.0 Å². The van der Waals surface area contributed by atoms with Crippen molar-refractivity contribution in [3.05, 3.63) is 59.2 Å². The summed E-state index contributed by atoms with van der Waals surface area (Å²) in [6.45, 7) is 2.12.